The SMILES string of the molecule is O=C(CCc1nc2ccccc2s1)OCC(=O)N1CCN(S(=O)(=O)c2ccccc2)CC1. The Balaban J connectivity index is 1.21. The van der Waals surface area contributed by atoms with Crippen LogP contribution in [0, 0.1) is 0 Å². The molecule has 8 nitrogen and oxygen atoms in total. The molecule has 3 aromatic rings. The number of rotatable bonds is 7. The van der Waals surface area contributed by atoms with E-state index in [1.165, 1.54) is 20.5 Å². The van der Waals surface area contributed by atoms with Gasteiger partial charge in [0, 0.05) is 32.6 Å². The number of carbonyl (C=O) groups is 2. The van der Waals surface area contributed by atoms with Crippen molar-refractivity contribution in [1.82, 2.24) is 14.2 Å². The molecule has 0 saturated carbocycles. The minimum atomic E-state index is -3.58. The van der Waals surface area contributed by atoms with Crippen LogP contribution in [0.1, 0.15) is 11.4 Å². The van der Waals surface area contributed by atoms with Crippen molar-refractivity contribution in [2.45, 2.75) is 17.7 Å². The molecule has 1 aliphatic heterocycles. The number of nitrogens with zero attached hydrogens (tertiary/aromatic N) is 3. The Morgan fingerprint density at radius 3 is 2.38 bits per heavy atom. The molecule has 32 heavy (non-hydrogen) atoms. The molecule has 1 amide bonds. The predicted octanol–water partition coefficient (Wildman–Crippen LogP) is 2.31. The maximum Gasteiger partial charge on any atom is 0.306 e. The number of amides is 1. The molecule has 1 fully saturated rings. The number of esters is 1. The summed E-state index contributed by atoms with van der Waals surface area (Å²) in [6.45, 7) is 0.579. The average Bonchev–Trinajstić information content (AvgIpc) is 3.25. The molecule has 0 radical (unpaired) electrons. The van der Waals surface area contributed by atoms with Gasteiger partial charge < -0.3 is 9.64 Å². The Morgan fingerprint density at radius 2 is 1.66 bits per heavy atom. The largest absolute Gasteiger partial charge is 0.456 e. The highest BCUT2D eigenvalue weighted by Gasteiger charge is 2.30. The van der Waals surface area contributed by atoms with Crippen LogP contribution >= 0.6 is 11.3 Å². The van der Waals surface area contributed by atoms with E-state index in [0.717, 1.165) is 15.2 Å². The maximum absolute atomic E-state index is 12.7. The summed E-state index contributed by atoms with van der Waals surface area (Å²) < 4.78 is 32.9. The molecule has 1 aromatic heterocycles. The lowest BCUT2D eigenvalue weighted by Crippen LogP contribution is -2.51. The van der Waals surface area contributed by atoms with E-state index in [9.17, 15) is 18.0 Å². The molecular formula is C22H23N3O5S2. The van der Waals surface area contributed by atoms with Crippen molar-refractivity contribution in [2.24, 2.45) is 0 Å². The molecule has 0 bridgehead atoms. The Labute approximate surface area is 190 Å². The normalized spacial score (nSPS) is 15.1. The summed E-state index contributed by atoms with van der Waals surface area (Å²) >= 11 is 1.54. The highest BCUT2D eigenvalue weighted by molar-refractivity contribution is 7.89. The number of benzene rings is 2. The van der Waals surface area contributed by atoms with Crippen molar-refractivity contribution in [2.75, 3.05) is 32.8 Å². The fourth-order valence-corrected chi connectivity index (χ4v) is 5.87. The van der Waals surface area contributed by atoms with E-state index in [-0.39, 0.29) is 50.0 Å². The zero-order chi connectivity index (χ0) is 22.6. The van der Waals surface area contributed by atoms with Crippen LogP contribution in [0.15, 0.2) is 59.5 Å². The van der Waals surface area contributed by atoms with Gasteiger partial charge in [-0.2, -0.15) is 4.31 Å². The third kappa shape index (κ3) is 5.14. The number of aryl methyl sites for hydroxylation is 1. The van der Waals surface area contributed by atoms with E-state index in [4.69, 9.17) is 4.74 Å². The molecule has 168 valence electrons. The molecule has 1 saturated heterocycles. The number of sulfonamides is 1. The van der Waals surface area contributed by atoms with Gasteiger partial charge in [0.15, 0.2) is 6.61 Å². The fraction of sp³-hybridized carbons (Fsp3) is 0.318. The van der Waals surface area contributed by atoms with E-state index in [1.807, 2.05) is 24.3 Å². The molecule has 1 aliphatic rings. The number of piperazine rings is 1. The summed E-state index contributed by atoms with van der Waals surface area (Å²) in [5, 5.41) is 0.852. The lowest BCUT2D eigenvalue weighted by Gasteiger charge is -2.33. The maximum atomic E-state index is 12.7. The molecule has 2 heterocycles. The molecule has 0 unspecified atom stereocenters. The van der Waals surface area contributed by atoms with E-state index < -0.39 is 16.0 Å². The van der Waals surface area contributed by atoms with Crippen LogP contribution in [0.25, 0.3) is 10.2 Å². The second-order valence-electron chi connectivity index (χ2n) is 7.33. The fourth-order valence-electron chi connectivity index (χ4n) is 3.46. The zero-order valence-corrected chi connectivity index (χ0v) is 19.0. The van der Waals surface area contributed by atoms with Crippen molar-refractivity contribution >= 4 is 43.5 Å². The second-order valence-corrected chi connectivity index (χ2v) is 10.4. The molecule has 0 spiro atoms. The Bertz CT molecular complexity index is 1170. The van der Waals surface area contributed by atoms with Gasteiger partial charge in [0.25, 0.3) is 5.91 Å². The van der Waals surface area contributed by atoms with Gasteiger partial charge in [-0.1, -0.05) is 30.3 Å². The molecular weight excluding hydrogens is 450 g/mol. The van der Waals surface area contributed by atoms with Crippen molar-refractivity contribution in [3.8, 4) is 0 Å². The summed E-state index contributed by atoms with van der Waals surface area (Å²) in [5.74, 6) is -0.780. The van der Waals surface area contributed by atoms with Gasteiger partial charge in [-0.05, 0) is 24.3 Å². The van der Waals surface area contributed by atoms with Gasteiger partial charge in [0.1, 0.15) is 0 Å². The van der Waals surface area contributed by atoms with Crippen LogP contribution in [0.2, 0.25) is 0 Å². The summed E-state index contributed by atoms with van der Waals surface area (Å²) in [6.07, 6.45) is 0.610. The minimum Gasteiger partial charge on any atom is -0.456 e. The number of ether oxygens (including phenoxy) is 1. The van der Waals surface area contributed by atoms with Crippen molar-refractivity contribution in [3.05, 3.63) is 59.6 Å². The van der Waals surface area contributed by atoms with Crippen LogP contribution in [0.3, 0.4) is 0 Å². The van der Waals surface area contributed by atoms with Gasteiger partial charge in [0.05, 0.1) is 26.5 Å². The smallest absolute Gasteiger partial charge is 0.306 e. The number of carbonyl (C=O) groups excluding carboxylic acids is 2. The van der Waals surface area contributed by atoms with Crippen LogP contribution in [0.5, 0.6) is 0 Å². The first-order valence-corrected chi connectivity index (χ1v) is 12.5. The number of aromatic nitrogens is 1. The Morgan fingerprint density at radius 1 is 0.969 bits per heavy atom. The highest BCUT2D eigenvalue weighted by Crippen LogP contribution is 2.22. The third-order valence-electron chi connectivity index (χ3n) is 5.21. The van der Waals surface area contributed by atoms with E-state index in [0.29, 0.717) is 6.42 Å². The molecule has 10 heteroatoms. The first-order valence-electron chi connectivity index (χ1n) is 10.3. The van der Waals surface area contributed by atoms with Crippen LogP contribution < -0.4 is 0 Å². The number of thiazole rings is 1. The van der Waals surface area contributed by atoms with Crippen molar-refractivity contribution in [1.29, 1.82) is 0 Å². The van der Waals surface area contributed by atoms with Gasteiger partial charge >= 0.3 is 5.97 Å². The monoisotopic (exact) mass is 473 g/mol. The van der Waals surface area contributed by atoms with Gasteiger partial charge in [-0.15, -0.1) is 11.3 Å². The number of fused-ring (bicyclic) bond motifs is 1. The summed E-state index contributed by atoms with van der Waals surface area (Å²) in [7, 11) is -3.58. The second kappa shape index (κ2) is 9.76. The van der Waals surface area contributed by atoms with Crippen LogP contribution in [0.4, 0.5) is 0 Å². The molecule has 0 aliphatic carbocycles. The summed E-state index contributed by atoms with van der Waals surface area (Å²) in [6, 6.07) is 16.0. The van der Waals surface area contributed by atoms with Crippen LogP contribution in [-0.2, 0) is 30.8 Å². The first-order chi connectivity index (χ1) is 15.4. The number of hydrogen-bond donors (Lipinski definition) is 0. The third-order valence-corrected chi connectivity index (χ3v) is 8.22. The van der Waals surface area contributed by atoms with E-state index in [1.54, 1.807) is 30.3 Å². The van der Waals surface area contributed by atoms with Gasteiger partial charge in [-0.25, -0.2) is 13.4 Å². The van der Waals surface area contributed by atoms with Crippen LogP contribution in [-0.4, -0.2) is 67.3 Å². The topological polar surface area (TPSA) is 96.9 Å². The van der Waals surface area contributed by atoms with E-state index in [2.05, 4.69) is 4.98 Å². The number of hydrogen-bond acceptors (Lipinski definition) is 7. The summed E-state index contributed by atoms with van der Waals surface area (Å²) in [5.41, 5.74) is 0.907. The van der Waals surface area contributed by atoms with Crippen molar-refractivity contribution in [3.63, 3.8) is 0 Å². The molecule has 0 atom stereocenters. The lowest BCUT2D eigenvalue weighted by molar-refractivity contribution is -0.152. The Kier molecular flexibility index (Phi) is 6.83. The minimum absolute atomic E-state index is 0.149. The quantitative estimate of drug-likeness (QED) is 0.489. The Hall–Kier alpha value is -2.82. The average molecular weight is 474 g/mol. The lowest BCUT2D eigenvalue weighted by atomic mass is 10.3. The number of para-hydroxylation sites is 1. The standard InChI is InChI=1S/C22H23N3O5S2/c26-21(16-30-22(27)11-10-20-23-18-8-4-5-9-19(18)31-20)24-12-14-25(15-13-24)32(28,29)17-6-2-1-3-7-17/h1-9H,10-16H2. The van der Waals surface area contributed by atoms with Crippen molar-refractivity contribution < 1.29 is 22.7 Å². The van der Waals surface area contributed by atoms with Gasteiger partial charge in [0.2, 0.25) is 10.0 Å². The molecule has 2 aromatic carbocycles. The molecule has 4 rings (SSSR count). The van der Waals surface area contributed by atoms with Gasteiger partial charge in [-0.3, -0.25) is 9.59 Å². The van der Waals surface area contributed by atoms with E-state index >= 15 is 0 Å². The molecule has 0 N–H and O–H groups in total. The zero-order valence-electron chi connectivity index (χ0n) is 17.3. The highest BCUT2D eigenvalue weighted by atomic mass is 32.2. The first kappa shape index (κ1) is 22.4. The predicted molar refractivity (Wildman–Crippen MR) is 121 cm³/mol. The summed E-state index contributed by atoms with van der Waals surface area (Å²) in [4.78, 5) is 30.7.